The van der Waals surface area contributed by atoms with E-state index in [1.165, 1.54) is 16.4 Å². The van der Waals surface area contributed by atoms with Crippen LogP contribution in [0.2, 0.25) is 0 Å². The number of rotatable bonds is 5. The number of nitrogens with zero attached hydrogens (tertiary/aromatic N) is 1. The van der Waals surface area contributed by atoms with Gasteiger partial charge in [-0.25, -0.2) is 12.8 Å². The van der Waals surface area contributed by atoms with Crippen molar-refractivity contribution in [3.63, 3.8) is 0 Å². The summed E-state index contributed by atoms with van der Waals surface area (Å²) < 4.78 is 41.2. The lowest BCUT2D eigenvalue weighted by Gasteiger charge is -2.31. The lowest BCUT2D eigenvalue weighted by molar-refractivity contribution is -0.126. The van der Waals surface area contributed by atoms with Crippen molar-refractivity contribution in [2.75, 3.05) is 13.1 Å². The van der Waals surface area contributed by atoms with E-state index in [9.17, 15) is 17.6 Å². The molecule has 5 nitrogen and oxygen atoms in total. The average molecular weight is 433 g/mol. The Morgan fingerprint density at radius 2 is 1.57 bits per heavy atom. The second-order valence-corrected chi connectivity index (χ2v) is 9.99. The van der Waals surface area contributed by atoms with Crippen LogP contribution in [0, 0.1) is 39.4 Å². The van der Waals surface area contributed by atoms with E-state index >= 15 is 0 Å². The van der Waals surface area contributed by atoms with Crippen molar-refractivity contribution in [2.45, 2.75) is 52.0 Å². The Morgan fingerprint density at radius 3 is 2.10 bits per heavy atom. The quantitative estimate of drug-likeness (QED) is 0.782. The zero-order valence-corrected chi connectivity index (χ0v) is 18.8. The first kappa shape index (κ1) is 22.4. The Bertz CT molecular complexity index is 1010. The van der Waals surface area contributed by atoms with Crippen LogP contribution in [0.15, 0.2) is 35.2 Å². The summed E-state index contributed by atoms with van der Waals surface area (Å²) in [6, 6.07) is 8.02. The summed E-state index contributed by atoms with van der Waals surface area (Å²) in [6.07, 6.45) is 0.967. The van der Waals surface area contributed by atoms with Crippen molar-refractivity contribution in [3.8, 4) is 0 Å². The fourth-order valence-corrected chi connectivity index (χ4v) is 6.04. The number of hydrogen-bond donors (Lipinski definition) is 1. The smallest absolute Gasteiger partial charge is 0.243 e. The van der Waals surface area contributed by atoms with Gasteiger partial charge in [-0.15, -0.1) is 0 Å². The summed E-state index contributed by atoms with van der Waals surface area (Å²) in [5.74, 6) is -0.624. The van der Waals surface area contributed by atoms with E-state index in [1.54, 1.807) is 12.1 Å². The topological polar surface area (TPSA) is 66.5 Å². The molecule has 0 aromatic heterocycles. The van der Waals surface area contributed by atoms with Gasteiger partial charge in [0.05, 0.1) is 4.90 Å². The first-order chi connectivity index (χ1) is 14.1. The normalized spacial score (nSPS) is 15.9. The van der Waals surface area contributed by atoms with E-state index in [0.29, 0.717) is 37.4 Å². The molecule has 1 aliphatic heterocycles. The molecule has 0 radical (unpaired) electrons. The van der Waals surface area contributed by atoms with Gasteiger partial charge in [-0.1, -0.05) is 18.2 Å². The molecule has 7 heteroatoms. The van der Waals surface area contributed by atoms with Gasteiger partial charge < -0.3 is 5.32 Å². The molecule has 0 aliphatic carbocycles. The van der Waals surface area contributed by atoms with Crippen molar-refractivity contribution < 1.29 is 17.6 Å². The fraction of sp³-hybridized carbons (Fsp3) is 0.435. The zero-order chi connectivity index (χ0) is 22.1. The molecule has 1 N–H and O–H groups in total. The third kappa shape index (κ3) is 4.57. The number of carbonyl (C=O) groups is 1. The highest BCUT2D eigenvalue weighted by molar-refractivity contribution is 7.89. The Kier molecular flexibility index (Phi) is 6.62. The lowest BCUT2D eigenvalue weighted by atomic mass is 9.97. The van der Waals surface area contributed by atoms with Crippen LogP contribution in [-0.2, 0) is 21.4 Å². The third-order valence-electron chi connectivity index (χ3n) is 6.10. The molecule has 0 saturated carbocycles. The monoisotopic (exact) mass is 432 g/mol. The second-order valence-electron chi connectivity index (χ2n) is 8.11. The van der Waals surface area contributed by atoms with Gasteiger partial charge >= 0.3 is 0 Å². The molecule has 0 spiro atoms. The van der Waals surface area contributed by atoms with Crippen molar-refractivity contribution in [2.24, 2.45) is 5.92 Å². The molecule has 2 aromatic rings. The summed E-state index contributed by atoms with van der Waals surface area (Å²) in [5.41, 5.74) is 4.33. The second kappa shape index (κ2) is 8.86. The molecule has 1 fully saturated rings. The molecule has 0 unspecified atom stereocenters. The van der Waals surface area contributed by atoms with E-state index in [2.05, 4.69) is 5.32 Å². The molecule has 1 aliphatic rings. The van der Waals surface area contributed by atoms with Gasteiger partial charge in [0.1, 0.15) is 5.82 Å². The third-order valence-corrected chi connectivity index (χ3v) is 8.27. The van der Waals surface area contributed by atoms with Gasteiger partial charge in [-0.2, -0.15) is 4.31 Å². The summed E-state index contributed by atoms with van der Waals surface area (Å²) >= 11 is 0. The van der Waals surface area contributed by atoms with Gasteiger partial charge in [-0.3, -0.25) is 4.79 Å². The van der Waals surface area contributed by atoms with Crippen LogP contribution in [0.3, 0.4) is 0 Å². The molecule has 3 rings (SSSR count). The molecule has 30 heavy (non-hydrogen) atoms. The predicted molar refractivity (Wildman–Crippen MR) is 115 cm³/mol. The first-order valence-electron chi connectivity index (χ1n) is 10.2. The molecule has 1 amide bonds. The number of halogens is 1. The molecule has 0 bridgehead atoms. The highest BCUT2D eigenvalue weighted by Gasteiger charge is 2.34. The van der Waals surface area contributed by atoms with Crippen LogP contribution in [-0.4, -0.2) is 31.7 Å². The van der Waals surface area contributed by atoms with Gasteiger partial charge in [0.2, 0.25) is 15.9 Å². The SMILES string of the molecule is Cc1cc(C)c(C)c(S(=O)(=O)N2CCC(C(=O)NCc3ccc(F)cc3)CC2)c1C. The minimum Gasteiger partial charge on any atom is -0.352 e. The van der Waals surface area contributed by atoms with Crippen molar-refractivity contribution >= 4 is 15.9 Å². The van der Waals surface area contributed by atoms with Gasteiger partial charge in [0, 0.05) is 25.6 Å². The van der Waals surface area contributed by atoms with Crippen molar-refractivity contribution in [1.29, 1.82) is 0 Å². The summed E-state index contributed by atoms with van der Waals surface area (Å²) in [6.45, 7) is 8.54. The maximum atomic E-state index is 13.3. The predicted octanol–water partition coefficient (Wildman–Crippen LogP) is 3.78. The minimum atomic E-state index is -3.61. The van der Waals surface area contributed by atoms with Crippen molar-refractivity contribution in [3.05, 3.63) is 64.0 Å². The number of hydrogen-bond acceptors (Lipinski definition) is 3. The van der Waals surface area contributed by atoms with Crippen molar-refractivity contribution in [1.82, 2.24) is 9.62 Å². The first-order valence-corrected chi connectivity index (χ1v) is 11.6. The largest absolute Gasteiger partial charge is 0.352 e. The molecular weight excluding hydrogens is 403 g/mol. The Labute approximate surface area is 178 Å². The van der Waals surface area contributed by atoms with E-state index in [1.807, 2.05) is 33.8 Å². The number of amides is 1. The molecular formula is C23H29FN2O3S. The summed E-state index contributed by atoms with van der Waals surface area (Å²) in [5, 5.41) is 2.88. The number of piperidine rings is 1. The number of carbonyl (C=O) groups excluding carboxylic acids is 1. The number of aryl methyl sites for hydroxylation is 2. The van der Waals surface area contributed by atoms with Crippen LogP contribution >= 0.6 is 0 Å². The number of nitrogens with one attached hydrogen (secondary N) is 1. The van der Waals surface area contributed by atoms with E-state index in [-0.39, 0.29) is 17.6 Å². The van der Waals surface area contributed by atoms with Crippen LogP contribution in [0.4, 0.5) is 4.39 Å². The Hall–Kier alpha value is -2.25. The van der Waals surface area contributed by atoms with Gasteiger partial charge in [0.25, 0.3) is 0 Å². The molecule has 1 heterocycles. The lowest BCUT2D eigenvalue weighted by Crippen LogP contribution is -2.43. The minimum absolute atomic E-state index is 0.0878. The maximum Gasteiger partial charge on any atom is 0.243 e. The molecule has 162 valence electrons. The van der Waals surface area contributed by atoms with Crippen LogP contribution < -0.4 is 5.32 Å². The van der Waals surface area contributed by atoms with Crippen LogP contribution in [0.25, 0.3) is 0 Å². The fourth-order valence-electron chi connectivity index (χ4n) is 3.99. The molecule has 2 aromatic carbocycles. The van der Waals surface area contributed by atoms with Gasteiger partial charge in [0.15, 0.2) is 0 Å². The van der Waals surface area contributed by atoms with E-state index in [4.69, 9.17) is 0 Å². The average Bonchev–Trinajstić information content (AvgIpc) is 2.72. The van der Waals surface area contributed by atoms with Gasteiger partial charge in [-0.05, 0) is 80.5 Å². The number of sulfonamides is 1. The molecule has 1 saturated heterocycles. The highest BCUT2D eigenvalue weighted by Crippen LogP contribution is 2.31. The van der Waals surface area contributed by atoms with Crippen LogP contribution in [0.1, 0.15) is 40.7 Å². The van der Waals surface area contributed by atoms with E-state index < -0.39 is 10.0 Å². The molecule has 0 atom stereocenters. The summed E-state index contributed by atoms with van der Waals surface area (Å²) in [4.78, 5) is 12.9. The van der Waals surface area contributed by atoms with E-state index in [0.717, 1.165) is 27.8 Å². The standard InChI is InChI=1S/C23H29FN2O3S/c1-15-13-16(2)18(4)22(17(15)3)30(28,29)26-11-9-20(10-12-26)23(27)25-14-19-5-7-21(24)8-6-19/h5-8,13,20H,9-12,14H2,1-4H3,(H,25,27). The maximum absolute atomic E-state index is 13.3. The Balaban J connectivity index is 1.65. The van der Waals surface area contributed by atoms with Crippen LogP contribution in [0.5, 0.6) is 0 Å². The summed E-state index contributed by atoms with van der Waals surface area (Å²) in [7, 11) is -3.61. The number of benzene rings is 2. The Morgan fingerprint density at radius 1 is 1.03 bits per heavy atom. The zero-order valence-electron chi connectivity index (χ0n) is 18.0. The highest BCUT2D eigenvalue weighted by atomic mass is 32.2.